The van der Waals surface area contributed by atoms with Crippen molar-refractivity contribution in [2.24, 2.45) is 0 Å². The molecule has 2 aromatic rings. The second kappa shape index (κ2) is 10.7. The zero-order valence-electron chi connectivity index (χ0n) is 19.7. The molecule has 0 bridgehead atoms. The lowest BCUT2D eigenvalue weighted by molar-refractivity contribution is 0.0165. The Morgan fingerprint density at radius 3 is 2.53 bits per heavy atom. The number of methoxy groups -OCH3 is 1. The number of hydrogen-bond acceptors (Lipinski definition) is 8. The zero-order chi connectivity index (χ0) is 24.5. The van der Waals surface area contributed by atoms with Crippen molar-refractivity contribution in [2.75, 3.05) is 19.0 Å². The second-order valence-electron chi connectivity index (χ2n) is 8.25. The number of alkyl halides is 2. The Kier molecular flexibility index (Phi) is 8.60. The number of hydrogen-bond donors (Lipinski definition) is 3. The van der Waals surface area contributed by atoms with E-state index in [1.807, 2.05) is 4.72 Å². The molecule has 5 N–H and O–H groups in total. The fourth-order valence-corrected chi connectivity index (χ4v) is 4.56. The van der Waals surface area contributed by atoms with Crippen LogP contribution in [0, 0.1) is 0 Å². The van der Waals surface area contributed by atoms with Gasteiger partial charge in [-0.3, -0.25) is 4.68 Å². The molecule has 1 unspecified atom stereocenters. The molecule has 0 radical (unpaired) electrons. The van der Waals surface area contributed by atoms with Gasteiger partial charge in [-0.15, -0.1) is 0 Å². The normalized spacial score (nSPS) is 15.8. The third-order valence-electron chi connectivity index (χ3n) is 5.05. The van der Waals surface area contributed by atoms with Gasteiger partial charge in [-0.05, 0) is 11.8 Å². The van der Waals surface area contributed by atoms with Crippen molar-refractivity contribution in [1.82, 2.24) is 30.4 Å². The smallest absolute Gasteiger partial charge is 0.333 e. The summed E-state index contributed by atoms with van der Waals surface area (Å²) in [6.45, 7) is 6.92. The Morgan fingerprint density at radius 2 is 1.97 bits per heavy atom. The van der Waals surface area contributed by atoms with E-state index in [2.05, 4.69) is 15.5 Å². The Hall–Kier alpha value is -2.78. The standard InChI is InChI=1S/C19H28F2N6O5S.H3N/c1-10(2)15-16(17(11(3)4)26(24-15)8-14(20)21)23-19(28)25-33(29,30)13-6-22-27-7-12(31-5)9-32-18(13)27;/h6,10-12,14H,7-9H2,1-5H3,(H2,23,25,28);1H3. The molecular weight excluding hydrogens is 476 g/mol. The summed E-state index contributed by atoms with van der Waals surface area (Å²) in [5, 5.41) is 10.7. The summed E-state index contributed by atoms with van der Waals surface area (Å²) in [6, 6.07) is -1.05. The van der Waals surface area contributed by atoms with E-state index in [4.69, 9.17) is 9.47 Å². The van der Waals surface area contributed by atoms with E-state index in [0.29, 0.717) is 17.9 Å². The molecule has 1 atom stereocenters. The summed E-state index contributed by atoms with van der Waals surface area (Å²) < 4.78 is 66.9. The number of nitrogens with one attached hydrogen (secondary N) is 2. The lowest BCUT2D eigenvalue weighted by atomic mass is 10.0. The van der Waals surface area contributed by atoms with Crippen molar-refractivity contribution in [3.8, 4) is 5.88 Å². The van der Waals surface area contributed by atoms with E-state index in [1.165, 1.54) is 11.8 Å². The van der Waals surface area contributed by atoms with Crippen LogP contribution >= 0.6 is 0 Å². The molecule has 34 heavy (non-hydrogen) atoms. The summed E-state index contributed by atoms with van der Waals surface area (Å²) in [6.07, 6.45) is -1.84. The number of sulfonamides is 1. The Morgan fingerprint density at radius 1 is 1.29 bits per heavy atom. The van der Waals surface area contributed by atoms with Crippen molar-refractivity contribution in [3.63, 3.8) is 0 Å². The highest BCUT2D eigenvalue weighted by Crippen LogP contribution is 2.33. The number of carbonyl (C=O) groups is 1. The second-order valence-corrected chi connectivity index (χ2v) is 9.90. The molecule has 192 valence electrons. The molecule has 1 aliphatic heterocycles. The van der Waals surface area contributed by atoms with Gasteiger partial charge in [0.2, 0.25) is 5.88 Å². The van der Waals surface area contributed by atoms with Crippen molar-refractivity contribution in [3.05, 3.63) is 17.6 Å². The van der Waals surface area contributed by atoms with Crippen LogP contribution in [0.4, 0.5) is 19.3 Å². The average molecular weight is 508 g/mol. The molecule has 2 aromatic heterocycles. The number of fused-ring (bicyclic) bond motifs is 1. The first-order valence-corrected chi connectivity index (χ1v) is 11.9. The predicted molar refractivity (Wildman–Crippen MR) is 119 cm³/mol. The molecule has 0 spiro atoms. The van der Waals surface area contributed by atoms with E-state index in [1.54, 1.807) is 27.7 Å². The van der Waals surface area contributed by atoms with Crippen molar-refractivity contribution in [1.29, 1.82) is 0 Å². The molecule has 0 saturated carbocycles. The summed E-state index contributed by atoms with van der Waals surface area (Å²) in [5.41, 5.74) is 0.969. The van der Waals surface area contributed by atoms with E-state index in [9.17, 15) is 22.0 Å². The predicted octanol–water partition coefficient (Wildman–Crippen LogP) is 2.67. The highest BCUT2D eigenvalue weighted by Gasteiger charge is 2.32. The minimum atomic E-state index is -4.34. The molecule has 15 heteroatoms. The highest BCUT2D eigenvalue weighted by atomic mass is 32.2. The van der Waals surface area contributed by atoms with Crippen LogP contribution in [0.2, 0.25) is 0 Å². The number of rotatable bonds is 8. The topological polar surface area (TPSA) is 164 Å². The number of urea groups is 1. The summed E-state index contributed by atoms with van der Waals surface area (Å²) in [5.74, 6) is -0.474. The number of nitrogens with zero attached hydrogens (tertiary/aromatic N) is 4. The molecule has 0 saturated heterocycles. The summed E-state index contributed by atoms with van der Waals surface area (Å²) in [7, 11) is -2.83. The number of amides is 2. The number of aromatic nitrogens is 4. The van der Waals surface area contributed by atoms with Gasteiger partial charge in [0.15, 0.2) is 4.90 Å². The summed E-state index contributed by atoms with van der Waals surface area (Å²) in [4.78, 5) is 12.4. The fraction of sp³-hybridized carbons (Fsp3) is 0.632. The van der Waals surface area contributed by atoms with Crippen LogP contribution in [0.1, 0.15) is 50.9 Å². The monoisotopic (exact) mass is 507 g/mol. The van der Waals surface area contributed by atoms with E-state index in [-0.39, 0.29) is 47.2 Å². The Balaban J connectivity index is 0.00000408. The van der Waals surface area contributed by atoms with Gasteiger partial charge >= 0.3 is 6.03 Å². The highest BCUT2D eigenvalue weighted by molar-refractivity contribution is 7.90. The number of anilines is 1. The van der Waals surface area contributed by atoms with Gasteiger partial charge in [-0.2, -0.15) is 10.2 Å². The molecule has 3 rings (SSSR count). The number of halogens is 2. The van der Waals surface area contributed by atoms with Gasteiger partial charge in [-0.1, -0.05) is 27.7 Å². The average Bonchev–Trinajstić information content (AvgIpc) is 3.28. The molecule has 2 amide bonds. The van der Waals surface area contributed by atoms with E-state index < -0.39 is 29.0 Å². The SMILES string of the molecule is COC1COc2c(S(=O)(=O)NC(=O)Nc3c(C(C)C)nn(CC(F)F)c3C(C)C)cnn2C1.N. The fourth-order valence-electron chi connectivity index (χ4n) is 3.58. The quantitative estimate of drug-likeness (QED) is 0.491. The molecule has 0 aromatic carbocycles. The molecule has 3 heterocycles. The minimum absolute atomic E-state index is 0. The van der Waals surface area contributed by atoms with E-state index >= 15 is 0 Å². The Bertz CT molecular complexity index is 1110. The third kappa shape index (κ3) is 5.64. The zero-order valence-corrected chi connectivity index (χ0v) is 20.5. The van der Waals surface area contributed by atoms with Crippen molar-refractivity contribution < 1.29 is 31.5 Å². The molecule has 0 fully saturated rings. The minimum Gasteiger partial charge on any atom is -0.474 e. The van der Waals surface area contributed by atoms with Crippen LogP contribution in [0.25, 0.3) is 0 Å². The van der Waals surface area contributed by atoms with Crippen LogP contribution in [0.3, 0.4) is 0 Å². The van der Waals surface area contributed by atoms with Crippen molar-refractivity contribution in [2.45, 2.75) is 70.0 Å². The first-order chi connectivity index (χ1) is 15.4. The molecule has 12 nitrogen and oxygen atoms in total. The van der Waals surface area contributed by atoms with Crippen LogP contribution in [0.5, 0.6) is 5.88 Å². The lowest BCUT2D eigenvalue weighted by Crippen LogP contribution is -2.36. The van der Waals surface area contributed by atoms with Gasteiger partial charge in [0.1, 0.15) is 19.3 Å². The van der Waals surface area contributed by atoms with Gasteiger partial charge in [0, 0.05) is 7.11 Å². The van der Waals surface area contributed by atoms with Gasteiger partial charge in [-0.25, -0.2) is 31.4 Å². The first-order valence-electron chi connectivity index (χ1n) is 10.4. The third-order valence-corrected chi connectivity index (χ3v) is 6.37. The lowest BCUT2D eigenvalue weighted by Gasteiger charge is -2.23. The van der Waals surface area contributed by atoms with Gasteiger partial charge in [0.05, 0.1) is 29.8 Å². The van der Waals surface area contributed by atoms with Crippen LogP contribution in [-0.2, 0) is 27.8 Å². The molecular formula is C19H31F2N7O5S. The van der Waals surface area contributed by atoms with Gasteiger partial charge < -0.3 is 20.9 Å². The largest absolute Gasteiger partial charge is 0.474 e. The van der Waals surface area contributed by atoms with Crippen LogP contribution < -0.4 is 20.9 Å². The Labute approximate surface area is 196 Å². The maximum absolute atomic E-state index is 13.1. The molecule has 1 aliphatic rings. The van der Waals surface area contributed by atoms with Gasteiger partial charge in [0.25, 0.3) is 16.4 Å². The maximum atomic E-state index is 13.1. The first kappa shape index (κ1) is 27.5. The number of carbonyl (C=O) groups excluding carboxylic acids is 1. The van der Waals surface area contributed by atoms with E-state index in [0.717, 1.165) is 10.9 Å². The summed E-state index contributed by atoms with van der Waals surface area (Å²) >= 11 is 0. The molecule has 0 aliphatic carbocycles. The van der Waals surface area contributed by atoms with Crippen LogP contribution in [-0.4, -0.2) is 60.3 Å². The van der Waals surface area contributed by atoms with Crippen molar-refractivity contribution >= 4 is 21.7 Å². The number of ether oxygens (including phenoxy) is 2. The maximum Gasteiger partial charge on any atom is 0.333 e. The van der Waals surface area contributed by atoms with Crippen LogP contribution in [0.15, 0.2) is 11.1 Å².